The first-order valence-corrected chi connectivity index (χ1v) is 6.96. The van der Waals surface area contributed by atoms with Gasteiger partial charge in [0.2, 0.25) is 0 Å². The van der Waals surface area contributed by atoms with Gasteiger partial charge in [-0.2, -0.15) is 13.2 Å². The number of rotatable bonds is 5. The van der Waals surface area contributed by atoms with Gasteiger partial charge in [-0.3, -0.25) is 0 Å². The number of halogens is 3. The maximum Gasteiger partial charge on any atom is 0.390 e. The highest BCUT2D eigenvalue weighted by Gasteiger charge is 2.33. The van der Waals surface area contributed by atoms with E-state index in [1.165, 1.54) is 7.11 Å². The summed E-state index contributed by atoms with van der Waals surface area (Å²) in [5, 5.41) is 3.29. The van der Waals surface area contributed by atoms with Crippen LogP contribution in [0.4, 0.5) is 23.9 Å². The summed E-state index contributed by atoms with van der Waals surface area (Å²) in [5.41, 5.74) is 7.02. The van der Waals surface area contributed by atoms with Crippen molar-refractivity contribution in [1.29, 1.82) is 0 Å². The minimum absolute atomic E-state index is 0.232. The summed E-state index contributed by atoms with van der Waals surface area (Å²) in [5.74, 6) is -0.323. The number of carbonyl (C=O) groups excluding carboxylic acids is 1. The summed E-state index contributed by atoms with van der Waals surface area (Å²) in [7, 11) is 1.25. The number of thiophene rings is 1. The Bertz CT molecular complexity index is 510. The van der Waals surface area contributed by atoms with E-state index >= 15 is 0 Å². The summed E-state index contributed by atoms with van der Waals surface area (Å²) in [6.07, 6.45) is -3.26. The Hall–Kier alpha value is -1.44. The molecule has 3 N–H and O–H groups in total. The molecule has 0 aromatic carbocycles. The first-order chi connectivity index (χ1) is 9.33. The number of methoxy groups -OCH3 is 1. The van der Waals surface area contributed by atoms with Gasteiger partial charge in [0, 0.05) is 12.1 Å². The highest BCUT2D eigenvalue weighted by atomic mass is 32.1. The molecule has 1 aliphatic carbocycles. The lowest BCUT2D eigenvalue weighted by Gasteiger charge is -2.09. The molecule has 8 heteroatoms. The molecular weight excluding hydrogens is 293 g/mol. The number of nitrogens with one attached hydrogen (secondary N) is 1. The molecule has 1 saturated carbocycles. The summed E-state index contributed by atoms with van der Waals surface area (Å²) in [4.78, 5) is 11.8. The van der Waals surface area contributed by atoms with Crippen LogP contribution in [0.15, 0.2) is 0 Å². The van der Waals surface area contributed by atoms with Gasteiger partial charge in [-0.15, -0.1) is 11.3 Å². The Kier molecular flexibility index (Phi) is 4.12. The largest absolute Gasteiger partial charge is 0.465 e. The normalized spacial score (nSPS) is 15.2. The molecular formula is C12H15F3N2O2S. The predicted octanol–water partition coefficient (Wildman–Crippen LogP) is 3.36. The lowest BCUT2D eigenvalue weighted by atomic mass is 10.1. The number of carbonyl (C=O) groups is 1. The Morgan fingerprint density at radius 3 is 2.65 bits per heavy atom. The van der Waals surface area contributed by atoms with Gasteiger partial charge in [0.05, 0.1) is 24.2 Å². The topological polar surface area (TPSA) is 64.3 Å². The average molecular weight is 308 g/mol. The number of nitrogens with two attached hydrogens (primary N) is 1. The van der Waals surface area contributed by atoms with Gasteiger partial charge in [-0.05, 0) is 18.8 Å². The summed E-state index contributed by atoms with van der Waals surface area (Å²) in [6, 6.07) is 0. The first-order valence-electron chi connectivity index (χ1n) is 6.14. The van der Waals surface area contributed by atoms with Crippen LogP contribution >= 0.6 is 11.3 Å². The van der Waals surface area contributed by atoms with Crippen molar-refractivity contribution >= 4 is 28.0 Å². The van der Waals surface area contributed by atoms with Crippen LogP contribution in [0.1, 0.15) is 40.4 Å². The van der Waals surface area contributed by atoms with Gasteiger partial charge in [0.15, 0.2) is 0 Å². The summed E-state index contributed by atoms with van der Waals surface area (Å²) >= 11 is 1.06. The Balaban J connectivity index is 2.16. The van der Waals surface area contributed by atoms with Crippen molar-refractivity contribution in [1.82, 2.24) is 0 Å². The van der Waals surface area contributed by atoms with Crippen molar-refractivity contribution < 1.29 is 22.7 Å². The quantitative estimate of drug-likeness (QED) is 0.819. The maximum absolute atomic E-state index is 12.2. The second-order valence-electron chi connectivity index (χ2n) is 4.65. The number of esters is 1. The summed E-state index contributed by atoms with van der Waals surface area (Å²) in [6.45, 7) is -0.232. The molecule has 1 heterocycles. The number of hydrogen-bond acceptors (Lipinski definition) is 5. The van der Waals surface area contributed by atoms with Crippen LogP contribution in [0.2, 0.25) is 0 Å². The molecule has 0 aliphatic heterocycles. The van der Waals surface area contributed by atoms with Gasteiger partial charge in [-0.1, -0.05) is 0 Å². The molecule has 112 valence electrons. The van der Waals surface area contributed by atoms with E-state index in [0.29, 0.717) is 10.7 Å². The molecule has 0 radical (unpaired) electrons. The number of ether oxygens (including phenoxy) is 1. The lowest BCUT2D eigenvalue weighted by Crippen LogP contribution is -2.14. The Morgan fingerprint density at radius 1 is 1.50 bits per heavy atom. The molecule has 0 spiro atoms. The van der Waals surface area contributed by atoms with E-state index in [9.17, 15) is 18.0 Å². The second-order valence-corrected chi connectivity index (χ2v) is 5.67. The fourth-order valence-electron chi connectivity index (χ4n) is 1.93. The van der Waals surface area contributed by atoms with E-state index in [4.69, 9.17) is 5.73 Å². The molecule has 1 aromatic heterocycles. The maximum atomic E-state index is 12.2. The monoisotopic (exact) mass is 308 g/mol. The zero-order valence-electron chi connectivity index (χ0n) is 10.8. The third-order valence-corrected chi connectivity index (χ3v) is 4.19. The fraction of sp³-hybridized carbons (Fsp3) is 0.583. The molecule has 4 nitrogen and oxygen atoms in total. The van der Waals surface area contributed by atoms with Crippen molar-refractivity contribution in [2.24, 2.45) is 0 Å². The zero-order valence-corrected chi connectivity index (χ0v) is 11.7. The van der Waals surface area contributed by atoms with Crippen LogP contribution in [0.3, 0.4) is 0 Å². The van der Waals surface area contributed by atoms with Gasteiger partial charge >= 0.3 is 12.1 Å². The molecule has 1 fully saturated rings. The van der Waals surface area contributed by atoms with Gasteiger partial charge in [0.1, 0.15) is 4.88 Å². The van der Waals surface area contributed by atoms with Crippen LogP contribution in [-0.2, 0) is 4.74 Å². The van der Waals surface area contributed by atoms with E-state index in [-0.39, 0.29) is 17.3 Å². The average Bonchev–Trinajstić information content (AvgIpc) is 3.12. The second kappa shape index (κ2) is 5.51. The van der Waals surface area contributed by atoms with Gasteiger partial charge in [0.25, 0.3) is 0 Å². The molecule has 0 atom stereocenters. The lowest BCUT2D eigenvalue weighted by molar-refractivity contribution is -0.131. The zero-order chi connectivity index (χ0) is 14.9. The van der Waals surface area contributed by atoms with Crippen LogP contribution in [0, 0.1) is 0 Å². The van der Waals surface area contributed by atoms with E-state index in [1.54, 1.807) is 0 Å². The minimum Gasteiger partial charge on any atom is -0.465 e. The molecule has 0 unspecified atom stereocenters. The van der Waals surface area contributed by atoms with Crippen molar-refractivity contribution in [2.75, 3.05) is 24.7 Å². The van der Waals surface area contributed by atoms with Gasteiger partial charge in [-0.25, -0.2) is 4.79 Å². The predicted molar refractivity (Wildman–Crippen MR) is 71.2 cm³/mol. The highest BCUT2D eigenvalue weighted by Crippen LogP contribution is 2.50. The van der Waals surface area contributed by atoms with Gasteiger partial charge < -0.3 is 15.8 Å². The van der Waals surface area contributed by atoms with Crippen LogP contribution in [-0.4, -0.2) is 25.8 Å². The van der Waals surface area contributed by atoms with Crippen LogP contribution in [0.5, 0.6) is 0 Å². The molecule has 1 aliphatic rings. The third-order valence-electron chi connectivity index (χ3n) is 3.03. The third kappa shape index (κ3) is 3.36. The van der Waals surface area contributed by atoms with Crippen molar-refractivity contribution in [3.63, 3.8) is 0 Å². The highest BCUT2D eigenvalue weighted by molar-refractivity contribution is 7.18. The number of alkyl halides is 3. The van der Waals surface area contributed by atoms with Crippen molar-refractivity contribution in [3.05, 3.63) is 10.4 Å². The van der Waals surface area contributed by atoms with E-state index in [1.807, 2.05) is 0 Å². The van der Waals surface area contributed by atoms with Crippen LogP contribution in [0.25, 0.3) is 0 Å². The van der Waals surface area contributed by atoms with E-state index < -0.39 is 18.6 Å². The minimum atomic E-state index is -4.21. The number of anilines is 2. The number of hydrogen-bond donors (Lipinski definition) is 2. The molecule has 0 bridgehead atoms. The number of nitrogen functional groups attached to an aromatic ring is 1. The molecule has 0 amide bonds. The molecule has 0 saturated heterocycles. The smallest absolute Gasteiger partial charge is 0.390 e. The molecule has 20 heavy (non-hydrogen) atoms. The SMILES string of the molecule is COC(=O)c1sc(NCCC(F)(F)F)c(C2CC2)c1N. The Morgan fingerprint density at radius 2 is 2.15 bits per heavy atom. The van der Waals surface area contributed by atoms with E-state index in [2.05, 4.69) is 10.1 Å². The standard InChI is InChI=1S/C12H15F3N2O2S/c1-19-11(18)9-8(16)7(6-2-3-6)10(20-9)17-5-4-12(13,14)15/h6,17H,2-5,16H2,1H3. The van der Waals surface area contributed by atoms with Crippen molar-refractivity contribution in [2.45, 2.75) is 31.4 Å². The van der Waals surface area contributed by atoms with Crippen molar-refractivity contribution in [3.8, 4) is 0 Å². The fourth-order valence-corrected chi connectivity index (χ4v) is 3.08. The summed E-state index contributed by atoms with van der Waals surface area (Å²) < 4.78 is 41.1. The first kappa shape index (κ1) is 15.0. The van der Waals surface area contributed by atoms with Crippen LogP contribution < -0.4 is 11.1 Å². The Labute approximate surface area is 118 Å². The van der Waals surface area contributed by atoms with E-state index in [0.717, 1.165) is 29.7 Å². The molecule has 2 rings (SSSR count). The molecule has 1 aromatic rings.